The highest BCUT2D eigenvalue weighted by molar-refractivity contribution is 6.31. The average molecular weight is 449 g/mol. The lowest BCUT2D eigenvalue weighted by Gasteiger charge is -2.28. The molecular formula is C26H22Cl2N2O. The number of anilines is 2. The van der Waals surface area contributed by atoms with Gasteiger partial charge in [0.05, 0.1) is 0 Å². The van der Waals surface area contributed by atoms with E-state index in [0.717, 1.165) is 22.3 Å². The largest absolute Gasteiger partial charge is 0.399 e. The lowest BCUT2D eigenvalue weighted by molar-refractivity contribution is 0.0310. The van der Waals surface area contributed by atoms with Gasteiger partial charge in [-0.15, -0.1) is 0 Å². The molecule has 0 heterocycles. The van der Waals surface area contributed by atoms with Crippen molar-refractivity contribution >= 4 is 34.6 Å². The van der Waals surface area contributed by atoms with Gasteiger partial charge in [-0.05, 0) is 47.5 Å². The van der Waals surface area contributed by atoms with Crippen molar-refractivity contribution in [3.05, 3.63) is 129 Å². The second-order valence-electron chi connectivity index (χ2n) is 7.28. The molecule has 0 aliphatic rings. The molecule has 5 heteroatoms. The van der Waals surface area contributed by atoms with Crippen molar-refractivity contribution in [1.82, 2.24) is 0 Å². The fraction of sp³-hybridized carbons (Fsp3) is 0.0769. The SMILES string of the molecule is Nc1cccc(C(OC(c2cccc(N)c2)c2ccccc2Cl)c2ccccc2Cl)c1. The van der Waals surface area contributed by atoms with Gasteiger partial charge < -0.3 is 16.2 Å². The van der Waals surface area contributed by atoms with Crippen molar-refractivity contribution in [2.75, 3.05) is 11.5 Å². The maximum atomic E-state index is 6.79. The molecule has 0 bridgehead atoms. The molecule has 0 aliphatic carbocycles. The van der Waals surface area contributed by atoms with Crippen molar-refractivity contribution < 1.29 is 4.74 Å². The van der Waals surface area contributed by atoms with E-state index >= 15 is 0 Å². The maximum Gasteiger partial charge on any atom is 0.110 e. The standard InChI is InChI=1S/C26H22Cl2N2O/c27-23-13-3-1-11-21(23)25(17-7-5-9-19(29)15-17)31-26(18-8-6-10-20(30)16-18)22-12-2-4-14-24(22)28/h1-16,25-26H,29-30H2. The van der Waals surface area contributed by atoms with E-state index in [1.54, 1.807) is 0 Å². The molecule has 0 spiro atoms. The molecule has 0 fully saturated rings. The van der Waals surface area contributed by atoms with Gasteiger partial charge in [-0.2, -0.15) is 0 Å². The van der Waals surface area contributed by atoms with Crippen LogP contribution >= 0.6 is 23.2 Å². The molecule has 0 radical (unpaired) electrons. The van der Waals surface area contributed by atoms with Gasteiger partial charge in [-0.1, -0.05) is 83.9 Å². The van der Waals surface area contributed by atoms with Crippen LogP contribution in [0.5, 0.6) is 0 Å². The van der Waals surface area contributed by atoms with Crippen LogP contribution in [-0.2, 0) is 4.74 Å². The normalized spacial score (nSPS) is 13.0. The Balaban J connectivity index is 1.86. The van der Waals surface area contributed by atoms with Crippen LogP contribution in [0.1, 0.15) is 34.5 Å². The van der Waals surface area contributed by atoms with E-state index in [0.29, 0.717) is 21.4 Å². The van der Waals surface area contributed by atoms with Gasteiger partial charge in [-0.25, -0.2) is 0 Å². The predicted octanol–water partition coefficient (Wildman–Crippen LogP) is 7.05. The molecule has 4 aromatic carbocycles. The fourth-order valence-corrected chi connectivity index (χ4v) is 4.09. The first-order valence-corrected chi connectivity index (χ1v) is 10.6. The van der Waals surface area contributed by atoms with E-state index in [4.69, 9.17) is 39.4 Å². The first-order valence-electron chi connectivity index (χ1n) is 9.88. The minimum absolute atomic E-state index is 0.472. The summed E-state index contributed by atoms with van der Waals surface area (Å²) in [5.41, 5.74) is 16.9. The Hall–Kier alpha value is -2.98. The Kier molecular flexibility index (Phi) is 6.47. The molecule has 0 saturated heterocycles. The van der Waals surface area contributed by atoms with Gasteiger partial charge in [-0.3, -0.25) is 0 Å². The summed E-state index contributed by atoms with van der Waals surface area (Å²) in [4.78, 5) is 0. The zero-order valence-electron chi connectivity index (χ0n) is 16.7. The Morgan fingerprint density at radius 3 is 1.35 bits per heavy atom. The number of halogens is 2. The first kappa shape index (κ1) is 21.3. The Morgan fingerprint density at radius 1 is 0.548 bits per heavy atom. The molecule has 0 amide bonds. The number of nitrogen functional groups attached to an aromatic ring is 2. The third kappa shape index (κ3) is 4.86. The van der Waals surface area contributed by atoms with Gasteiger partial charge >= 0.3 is 0 Å². The Morgan fingerprint density at radius 2 is 0.968 bits per heavy atom. The maximum absolute atomic E-state index is 6.79. The summed E-state index contributed by atoms with van der Waals surface area (Å²) in [5, 5.41) is 1.22. The minimum atomic E-state index is -0.472. The number of benzene rings is 4. The number of nitrogens with two attached hydrogens (primary N) is 2. The molecule has 0 saturated carbocycles. The van der Waals surface area contributed by atoms with Crippen LogP contribution in [0, 0.1) is 0 Å². The monoisotopic (exact) mass is 448 g/mol. The smallest absolute Gasteiger partial charge is 0.110 e. The number of ether oxygens (including phenoxy) is 1. The molecule has 156 valence electrons. The van der Waals surface area contributed by atoms with Crippen molar-refractivity contribution in [3.8, 4) is 0 Å². The van der Waals surface area contributed by atoms with E-state index < -0.39 is 12.2 Å². The molecule has 4 aromatic rings. The summed E-state index contributed by atoms with van der Waals surface area (Å²) < 4.78 is 6.79. The molecule has 3 nitrogen and oxygen atoms in total. The number of hydrogen-bond donors (Lipinski definition) is 2. The van der Waals surface area contributed by atoms with E-state index in [9.17, 15) is 0 Å². The van der Waals surface area contributed by atoms with Crippen molar-refractivity contribution in [2.24, 2.45) is 0 Å². The highest BCUT2D eigenvalue weighted by Gasteiger charge is 2.26. The second kappa shape index (κ2) is 9.44. The van der Waals surface area contributed by atoms with Crippen LogP contribution < -0.4 is 11.5 Å². The first-order chi connectivity index (χ1) is 15.0. The number of rotatable bonds is 6. The molecular weight excluding hydrogens is 427 g/mol. The van der Waals surface area contributed by atoms with Crippen molar-refractivity contribution in [2.45, 2.75) is 12.2 Å². The Labute approximate surface area is 192 Å². The summed E-state index contributed by atoms with van der Waals surface area (Å²) in [7, 11) is 0. The molecule has 4 rings (SSSR count). The zero-order valence-corrected chi connectivity index (χ0v) is 18.2. The van der Waals surface area contributed by atoms with Crippen LogP contribution in [0.4, 0.5) is 11.4 Å². The molecule has 2 atom stereocenters. The molecule has 0 aromatic heterocycles. The Bertz CT molecular complexity index is 1100. The zero-order chi connectivity index (χ0) is 21.8. The third-order valence-electron chi connectivity index (χ3n) is 5.07. The summed E-state index contributed by atoms with van der Waals surface area (Å²) in [6.07, 6.45) is -0.945. The molecule has 2 unspecified atom stereocenters. The van der Waals surface area contributed by atoms with Crippen molar-refractivity contribution in [3.63, 3.8) is 0 Å². The summed E-state index contributed by atoms with van der Waals surface area (Å²) in [6, 6.07) is 30.5. The van der Waals surface area contributed by atoms with Gasteiger partial charge in [0.25, 0.3) is 0 Å². The third-order valence-corrected chi connectivity index (χ3v) is 5.76. The lowest BCUT2D eigenvalue weighted by Crippen LogP contribution is -2.14. The van der Waals surface area contributed by atoms with Crippen LogP contribution in [0.3, 0.4) is 0 Å². The van der Waals surface area contributed by atoms with Crippen LogP contribution in [0.2, 0.25) is 10.0 Å². The number of hydrogen-bond acceptors (Lipinski definition) is 3. The highest BCUT2D eigenvalue weighted by atomic mass is 35.5. The summed E-state index contributed by atoms with van der Waals surface area (Å²) in [6.45, 7) is 0. The minimum Gasteiger partial charge on any atom is -0.399 e. The van der Waals surface area contributed by atoms with Gasteiger partial charge in [0, 0.05) is 32.5 Å². The van der Waals surface area contributed by atoms with E-state index in [1.807, 2.05) is 97.1 Å². The quantitative estimate of drug-likeness (QED) is 0.310. The molecule has 4 N–H and O–H groups in total. The van der Waals surface area contributed by atoms with Gasteiger partial charge in [0.15, 0.2) is 0 Å². The van der Waals surface area contributed by atoms with Gasteiger partial charge in [0.1, 0.15) is 12.2 Å². The summed E-state index contributed by atoms with van der Waals surface area (Å²) in [5.74, 6) is 0. The topological polar surface area (TPSA) is 61.3 Å². The van der Waals surface area contributed by atoms with Crippen molar-refractivity contribution in [1.29, 1.82) is 0 Å². The van der Waals surface area contributed by atoms with E-state index in [2.05, 4.69) is 0 Å². The van der Waals surface area contributed by atoms with Crippen LogP contribution in [0.15, 0.2) is 97.1 Å². The van der Waals surface area contributed by atoms with Crippen LogP contribution in [-0.4, -0.2) is 0 Å². The van der Waals surface area contributed by atoms with Gasteiger partial charge in [0.2, 0.25) is 0 Å². The fourth-order valence-electron chi connectivity index (χ4n) is 3.62. The van der Waals surface area contributed by atoms with E-state index in [1.165, 1.54) is 0 Å². The second-order valence-corrected chi connectivity index (χ2v) is 8.09. The molecule has 31 heavy (non-hydrogen) atoms. The summed E-state index contributed by atoms with van der Waals surface area (Å²) >= 11 is 13.2. The molecule has 0 aliphatic heterocycles. The van der Waals surface area contributed by atoms with Crippen LogP contribution in [0.25, 0.3) is 0 Å². The highest BCUT2D eigenvalue weighted by Crippen LogP contribution is 2.40. The van der Waals surface area contributed by atoms with E-state index in [-0.39, 0.29) is 0 Å². The predicted molar refractivity (Wildman–Crippen MR) is 129 cm³/mol. The average Bonchev–Trinajstić information content (AvgIpc) is 2.76. The lowest BCUT2D eigenvalue weighted by atomic mass is 9.97.